The Morgan fingerprint density at radius 1 is 1.47 bits per heavy atom. The summed E-state index contributed by atoms with van der Waals surface area (Å²) in [5.41, 5.74) is 0.869. The largest absolute Gasteiger partial charge is 0.354 e. The van der Waals surface area contributed by atoms with Crippen molar-refractivity contribution in [3.8, 4) is 0 Å². The third kappa shape index (κ3) is 6.19. The zero-order chi connectivity index (χ0) is 14.3. The monoisotopic (exact) mass is 284 g/mol. The van der Waals surface area contributed by atoms with E-state index in [0.29, 0.717) is 11.7 Å². The van der Waals surface area contributed by atoms with Gasteiger partial charge < -0.3 is 10.6 Å². The number of thiazole rings is 1. The molecule has 0 aliphatic rings. The van der Waals surface area contributed by atoms with Crippen molar-refractivity contribution in [1.29, 1.82) is 0 Å². The lowest BCUT2D eigenvalue weighted by Crippen LogP contribution is -2.36. The number of nitrogens with zero attached hydrogens (tertiary/aromatic N) is 1. The molecule has 106 valence electrons. The van der Waals surface area contributed by atoms with Crippen LogP contribution in [0.25, 0.3) is 0 Å². The van der Waals surface area contributed by atoms with Crippen molar-refractivity contribution in [2.24, 2.45) is 0 Å². The van der Waals surface area contributed by atoms with Crippen LogP contribution < -0.4 is 16.0 Å². The molecule has 0 saturated carbocycles. The number of aryl methyl sites for hydroxylation is 1. The number of hydrogen-bond donors (Lipinski definition) is 3. The Morgan fingerprint density at radius 3 is 2.79 bits per heavy atom. The maximum atomic E-state index is 11.5. The first-order chi connectivity index (χ1) is 9.01. The molecule has 1 unspecified atom stereocenters. The van der Waals surface area contributed by atoms with Gasteiger partial charge in [-0.3, -0.25) is 10.1 Å². The summed E-state index contributed by atoms with van der Waals surface area (Å²) in [6, 6.07) is -0.176. The summed E-state index contributed by atoms with van der Waals surface area (Å²) in [5.74, 6) is -0.0558. The molecule has 3 amide bonds. The molecular weight excluding hydrogens is 264 g/mol. The van der Waals surface area contributed by atoms with Gasteiger partial charge in [-0.1, -0.05) is 6.92 Å². The van der Waals surface area contributed by atoms with Crippen molar-refractivity contribution >= 4 is 28.4 Å². The highest BCUT2D eigenvalue weighted by Gasteiger charge is 2.07. The molecule has 1 atom stereocenters. The molecule has 0 saturated heterocycles. The molecule has 3 N–H and O–H groups in total. The topological polar surface area (TPSA) is 83.1 Å². The minimum Gasteiger partial charge on any atom is -0.354 e. The smallest absolute Gasteiger partial charge is 0.321 e. The zero-order valence-electron chi connectivity index (χ0n) is 11.4. The van der Waals surface area contributed by atoms with Crippen molar-refractivity contribution in [2.45, 2.75) is 39.7 Å². The molecule has 1 aromatic rings. The van der Waals surface area contributed by atoms with Gasteiger partial charge in [-0.15, -0.1) is 11.3 Å². The molecule has 0 aliphatic heterocycles. The lowest BCUT2D eigenvalue weighted by molar-refractivity contribution is -0.121. The second-order valence-corrected chi connectivity index (χ2v) is 5.16. The summed E-state index contributed by atoms with van der Waals surface area (Å²) >= 11 is 1.37. The van der Waals surface area contributed by atoms with E-state index in [2.05, 4.69) is 20.9 Å². The summed E-state index contributed by atoms with van der Waals surface area (Å²) in [6.45, 7) is 6.12. The van der Waals surface area contributed by atoms with Gasteiger partial charge in [0, 0.05) is 24.4 Å². The first-order valence-electron chi connectivity index (χ1n) is 6.27. The van der Waals surface area contributed by atoms with Crippen LogP contribution in [0.1, 0.15) is 32.4 Å². The van der Waals surface area contributed by atoms with Crippen LogP contribution in [0.5, 0.6) is 0 Å². The SMILES string of the molecule is CCC(C)NC(=O)CCNC(=O)Nc1nc(C)cs1. The standard InChI is InChI=1S/C12H20N4O2S/c1-4-8(2)14-10(17)5-6-13-11(18)16-12-15-9(3)7-19-12/h7-8H,4-6H2,1-3H3,(H,14,17)(H2,13,15,16,18). The molecular formula is C12H20N4O2S. The van der Waals surface area contributed by atoms with E-state index >= 15 is 0 Å². The Kier molecular flexibility index (Phi) is 6.27. The number of aromatic nitrogens is 1. The Labute approximate surface area is 117 Å². The van der Waals surface area contributed by atoms with Gasteiger partial charge in [0.2, 0.25) is 5.91 Å². The van der Waals surface area contributed by atoms with Crippen molar-refractivity contribution < 1.29 is 9.59 Å². The summed E-state index contributed by atoms with van der Waals surface area (Å²) in [5, 5.41) is 10.5. The zero-order valence-corrected chi connectivity index (χ0v) is 12.3. The van der Waals surface area contributed by atoms with E-state index in [1.807, 2.05) is 26.2 Å². The average molecular weight is 284 g/mol. The molecule has 1 aromatic heterocycles. The van der Waals surface area contributed by atoms with E-state index in [9.17, 15) is 9.59 Å². The molecule has 6 nitrogen and oxygen atoms in total. The quantitative estimate of drug-likeness (QED) is 0.746. The second kappa shape index (κ2) is 7.73. The molecule has 1 heterocycles. The van der Waals surface area contributed by atoms with E-state index < -0.39 is 0 Å². The van der Waals surface area contributed by atoms with Gasteiger partial charge in [-0.25, -0.2) is 9.78 Å². The highest BCUT2D eigenvalue weighted by atomic mass is 32.1. The third-order valence-corrected chi connectivity index (χ3v) is 3.37. The molecule has 1 rings (SSSR count). The van der Waals surface area contributed by atoms with Crippen LogP contribution in [0.15, 0.2) is 5.38 Å². The van der Waals surface area contributed by atoms with Gasteiger partial charge in [-0.2, -0.15) is 0 Å². The lowest BCUT2D eigenvalue weighted by atomic mass is 10.2. The number of amides is 3. The minimum absolute atomic E-state index is 0.0558. The third-order valence-electron chi connectivity index (χ3n) is 2.50. The predicted molar refractivity (Wildman–Crippen MR) is 76.4 cm³/mol. The van der Waals surface area contributed by atoms with Gasteiger partial charge in [0.15, 0.2) is 5.13 Å². The summed E-state index contributed by atoms with van der Waals surface area (Å²) < 4.78 is 0. The summed E-state index contributed by atoms with van der Waals surface area (Å²) in [7, 11) is 0. The van der Waals surface area contributed by atoms with Crippen molar-refractivity contribution in [2.75, 3.05) is 11.9 Å². The van der Waals surface area contributed by atoms with Crippen LogP contribution in [0.4, 0.5) is 9.93 Å². The number of nitrogens with one attached hydrogen (secondary N) is 3. The Hall–Kier alpha value is -1.63. The summed E-state index contributed by atoms with van der Waals surface area (Å²) in [4.78, 5) is 27.1. The Balaban J connectivity index is 2.18. The maximum absolute atomic E-state index is 11.5. The fraction of sp³-hybridized carbons (Fsp3) is 0.583. The maximum Gasteiger partial charge on any atom is 0.321 e. The molecule has 0 aliphatic carbocycles. The highest BCUT2D eigenvalue weighted by molar-refractivity contribution is 7.13. The van der Waals surface area contributed by atoms with Crippen molar-refractivity contribution in [1.82, 2.24) is 15.6 Å². The van der Waals surface area contributed by atoms with Crippen LogP contribution in [-0.2, 0) is 4.79 Å². The molecule has 0 aromatic carbocycles. The van der Waals surface area contributed by atoms with Gasteiger partial charge in [0.05, 0.1) is 5.69 Å². The first kappa shape index (κ1) is 15.4. The molecule has 0 fully saturated rings. The van der Waals surface area contributed by atoms with E-state index in [-0.39, 0.29) is 24.4 Å². The second-order valence-electron chi connectivity index (χ2n) is 4.30. The van der Waals surface area contributed by atoms with Gasteiger partial charge >= 0.3 is 6.03 Å². The highest BCUT2D eigenvalue weighted by Crippen LogP contribution is 2.13. The fourth-order valence-electron chi connectivity index (χ4n) is 1.29. The number of urea groups is 1. The normalized spacial score (nSPS) is 11.7. The Morgan fingerprint density at radius 2 is 2.21 bits per heavy atom. The number of anilines is 1. The van der Waals surface area contributed by atoms with E-state index in [4.69, 9.17) is 0 Å². The number of hydrogen-bond acceptors (Lipinski definition) is 4. The molecule has 0 bridgehead atoms. The van der Waals surface area contributed by atoms with E-state index in [0.717, 1.165) is 12.1 Å². The van der Waals surface area contributed by atoms with Crippen LogP contribution in [0.2, 0.25) is 0 Å². The fourth-order valence-corrected chi connectivity index (χ4v) is 1.97. The molecule has 0 radical (unpaired) electrons. The van der Waals surface area contributed by atoms with Crippen LogP contribution in [-0.4, -0.2) is 29.5 Å². The van der Waals surface area contributed by atoms with Crippen LogP contribution in [0, 0.1) is 6.92 Å². The predicted octanol–water partition coefficient (Wildman–Crippen LogP) is 1.88. The van der Waals surface area contributed by atoms with Crippen molar-refractivity contribution in [3.63, 3.8) is 0 Å². The number of carbonyl (C=O) groups is 2. The first-order valence-corrected chi connectivity index (χ1v) is 7.15. The number of rotatable bonds is 6. The molecule has 0 spiro atoms. The van der Waals surface area contributed by atoms with Gasteiger partial charge in [-0.05, 0) is 20.3 Å². The minimum atomic E-state index is -0.342. The van der Waals surface area contributed by atoms with Crippen molar-refractivity contribution in [3.05, 3.63) is 11.1 Å². The number of carbonyl (C=O) groups excluding carboxylic acids is 2. The van der Waals surface area contributed by atoms with E-state index in [1.54, 1.807) is 0 Å². The Bertz CT molecular complexity index is 433. The van der Waals surface area contributed by atoms with Gasteiger partial charge in [0.1, 0.15) is 0 Å². The average Bonchev–Trinajstić information content (AvgIpc) is 2.74. The van der Waals surface area contributed by atoms with Gasteiger partial charge in [0.25, 0.3) is 0 Å². The van der Waals surface area contributed by atoms with E-state index in [1.165, 1.54) is 11.3 Å². The summed E-state index contributed by atoms with van der Waals surface area (Å²) in [6.07, 6.45) is 1.16. The van der Waals surface area contributed by atoms with Crippen LogP contribution in [0.3, 0.4) is 0 Å². The molecule has 7 heteroatoms. The molecule has 19 heavy (non-hydrogen) atoms. The van der Waals surface area contributed by atoms with Crippen LogP contribution >= 0.6 is 11.3 Å². The lowest BCUT2D eigenvalue weighted by Gasteiger charge is -2.11.